The zero-order chi connectivity index (χ0) is 13.5. The Bertz CT molecular complexity index is 502. The molecule has 3 nitrogen and oxygen atoms in total. The molecule has 4 heteroatoms. The Hall–Kier alpha value is -1.45. The zero-order valence-corrected chi connectivity index (χ0v) is 11.8. The highest BCUT2D eigenvalue weighted by Gasteiger charge is 2.16. The molecule has 2 heterocycles. The van der Waals surface area contributed by atoms with Crippen molar-refractivity contribution in [1.29, 1.82) is 0 Å². The number of hydrogen-bond donors (Lipinski definition) is 1. The fourth-order valence-corrected chi connectivity index (χ4v) is 2.22. The fourth-order valence-electron chi connectivity index (χ4n) is 1.97. The summed E-state index contributed by atoms with van der Waals surface area (Å²) in [6.45, 7) is 3.08. The van der Waals surface area contributed by atoms with E-state index in [0.717, 1.165) is 30.8 Å². The van der Waals surface area contributed by atoms with Gasteiger partial charge < -0.3 is 5.32 Å². The van der Waals surface area contributed by atoms with Gasteiger partial charge in [-0.1, -0.05) is 24.6 Å². The number of aromatic nitrogens is 2. The van der Waals surface area contributed by atoms with Crippen LogP contribution in [-0.4, -0.2) is 16.5 Å². The number of halogens is 1. The first-order chi connectivity index (χ1) is 9.31. The van der Waals surface area contributed by atoms with Gasteiger partial charge in [0.2, 0.25) is 0 Å². The van der Waals surface area contributed by atoms with Crippen LogP contribution in [0.3, 0.4) is 0 Å². The van der Waals surface area contributed by atoms with Crippen LogP contribution in [0.1, 0.15) is 30.8 Å². The van der Waals surface area contributed by atoms with Crippen LogP contribution in [0.15, 0.2) is 42.7 Å². The summed E-state index contributed by atoms with van der Waals surface area (Å²) in [7, 11) is 0. The third-order valence-electron chi connectivity index (χ3n) is 2.90. The molecular weight excluding hydrogens is 258 g/mol. The maximum absolute atomic E-state index is 6.24. The highest BCUT2D eigenvalue weighted by molar-refractivity contribution is 6.31. The van der Waals surface area contributed by atoms with Gasteiger partial charge in [-0.2, -0.15) is 0 Å². The maximum Gasteiger partial charge on any atom is 0.0762 e. The van der Waals surface area contributed by atoms with Crippen LogP contribution in [0.2, 0.25) is 5.02 Å². The van der Waals surface area contributed by atoms with E-state index in [9.17, 15) is 0 Å². The number of rotatable bonds is 6. The standard InChI is InChI=1S/C15H18ClN3/c1-2-8-18-14(11-12-6-3-4-9-17-12)15-13(16)7-5-10-19-15/h3-7,9-10,14,18H,2,8,11H2,1H3. The van der Waals surface area contributed by atoms with Gasteiger partial charge in [0.15, 0.2) is 0 Å². The molecule has 1 unspecified atom stereocenters. The fraction of sp³-hybridized carbons (Fsp3) is 0.333. The summed E-state index contributed by atoms with van der Waals surface area (Å²) in [5.41, 5.74) is 1.93. The van der Waals surface area contributed by atoms with Crippen molar-refractivity contribution in [2.45, 2.75) is 25.8 Å². The normalized spacial score (nSPS) is 12.3. The SMILES string of the molecule is CCCNC(Cc1ccccn1)c1ncccc1Cl. The van der Waals surface area contributed by atoms with E-state index >= 15 is 0 Å². The lowest BCUT2D eigenvalue weighted by molar-refractivity contribution is 0.513. The summed E-state index contributed by atoms with van der Waals surface area (Å²) >= 11 is 6.24. The predicted octanol–water partition coefficient (Wildman–Crippen LogP) is 3.41. The molecule has 2 rings (SSSR count). The summed E-state index contributed by atoms with van der Waals surface area (Å²) in [5.74, 6) is 0. The van der Waals surface area contributed by atoms with Crippen molar-refractivity contribution < 1.29 is 0 Å². The molecule has 0 radical (unpaired) electrons. The maximum atomic E-state index is 6.24. The largest absolute Gasteiger partial charge is 0.308 e. The van der Waals surface area contributed by atoms with Crippen LogP contribution < -0.4 is 5.32 Å². The molecule has 0 aliphatic heterocycles. The van der Waals surface area contributed by atoms with Crippen LogP contribution in [0, 0.1) is 0 Å². The molecule has 0 saturated heterocycles. The van der Waals surface area contributed by atoms with Crippen LogP contribution >= 0.6 is 11.6 Å². The Kier molecular flexibility index (Phi) is 5.31. The molecule has 0 fully saturated rings. The van der Waals surface area contributed by atoms with Crippen LogP contribution in [-0.2, 0) is 6.42 Å². The van der Waals surface area contributed by atoms with Gasteiger partial charge >= 0.3 is 0 Å². The first-order valence-corrected chi connectivity index (χ1v) is 6.92. The molecule has 100 valence electrons. The quantitative estimate of drug-likeness (QED) is 0.878. The monoisotopic (exact) mass is 275 g/mol. The lowest BCUT2D eigenvalue weighted by atomic mass is 10.1. The van der Waals surface area contributed by atoms with Gasteiger partial charge in [0, 0.05) is 24.5 Å². The van der Waals surface area contributed by atoms with Crippen molar-refractivity contribution in [2.24, 2.45) is 0 Å². The van der Waals surface area contributed by atoms with E-state index in [1.54, 1.807) is 6.20 Å². The Morgan fingerprint density at radius 1 is 1.16 bits per heavy atom. The van der Waals surface area contributed by atoms with E-state index in [1.165, 1.54) is 0 Å². The molecule has 19 heavy (non-hydrogen) atoms. The van der Waals surface area contributed by atoms with Gasteiger partial charge in [-0.3, -0.25) is 9.97 Å². The smallest absolute Gasteiger partial charge is 0.0762 e. The second kappa shape index (κ2) is 7.22. The third kappa shape index (κ3) is 4.01. The molecule has 0 spiro atoms. The molecular formula is C15H18ClN3. The molecule has 2 aromatic rings. The zero-order valence-electron chi connectivity index (χ0n) is 11.0. The van der Waals surface area contributed by atoms with Crippen LogP contribution in [0.25, 0.3) is 0 Å². The molecule has 0 saturated carbocycles. The summed E-state index contributed by atoms with van der Waals surface area (Å²) in [6, 6.07) is 9.78. The summed E-state index contributed by atoms with van der Waals surface area (Å²) < 4.78 is 0. The molecule has 1 atom stereocenters. The van der Waals surface area contributed by atoms with Crippen LogP contribution in [0.5, 0.6) is 0 Å². The minimum atomic E-state index is 0.101. The minimum absolute atomic E-state index is 0.101. The molecule has 1 N–H and O–H groups in total. The van der Waals surface area contributed by atoms with E-state index in [-0.39, 0.29) is 6.04 Å². The Morgan fingerprint density at radius 2 is 2.00 bits per heavy atom. The second-order valence-electron chi connectivity index (χ2n) is 4.40. The van der Waals surface area contributed by atoms with E-state index in [4.69, 9.17) is 11.6 Å². The Morgan fingerprint density at radius 3 is 2.68 bits per heavy atom. The summed E-state index contributed by atoms with van der Waals surface area (Å²) in [4.78, 5) is 8.78. The molecule has 0 bridgehead atoms. The molecule has 0 aliphatic rings. The average molecular weight is 276 g/mol. The molecule has 0 aliphatic carbocycles. The molecule has 2 aromatic heterocycles. The minimum Gasteiger partial charge on any atom is -0.308 e. The van der Waals surface area contributed by atoms with Gasteiger partial charge in [0.1, 0.15) is 0 Å². The second-order valence-corrected chi connectivity index (χ2v) is 4.81. The number of hydrogen-bond acceptors (Lipinski definition) is 3. The van der Waals surface area contributed by atoms with Gasteiger partial charge in [0.05, 0.1) is 16.8 Å². The third-order valence-corrected chi connectivity index (χ3v) is 3.22. The topological polar surface area (TPSA) is 37.8 Å². The number of nitrogens with zero attached hydrogens (tertiary/aromatic N) is 2. The summed E-state index contributed by atoms with van der Waals surface area (Å²) in [6.07, 6.45) is 5.45. The summed E-state index contributed by atoms with van der Waals surface area (Å²) in [5, 5.41) is 4.19. The number of pyridine rings is 2. The highest BCUT2D eigenvalue weighted by atomic mass is 35.5. The van der Waals surface area contributed by atoms with Gasteiger partial charge in [0.25, 0.3) is 0 Å². The van der Waals surface area contributed by atoms with Gasteiger partial charge in [-0.25, -0.2) is 0 Å². The highest BCUT2D eigenvalue weighted by Crippen LogP contribution is 2.22. The van der Waals surface area contributed by atoms with Crippen molar-refractivity contribution in [1.82, 2.24) is 15.3 Å². The van der Waals surface area contributed by atoms with Gasteiger partial charge in [-0.05, 0) is 37.2 Å². The first-order valence-electron chi connectivity index (χ1n) is 6.55. The van der Waals surface area contributed by atoms with E-state index in [1.807, 2.05) is 36.5 Å². The first kappa shape index (κ1) is 14.0. The Labute approximate surface area is 119 Å². The average Bonchev–Trinajstić information content (AvgIpc) is 2.45. The van der Waals surface area contributed by atoms with Crippen molar-refractivity contribution in [2.75, 3.05) is 6.54 Å². The van der Waals surface area contributed by atoms with E-state index < -0.39 is 0 Å². The Balaban J connectivity index is 2.19. The number of nitrogens with one attached hydrogen (secondary N) is 1. The predicted molar refractivity (Wildman–Crippen MR) is 78.2 cm³/mol. The van der Waals surface area contributed by atoms with Gasteiger partial charge in [-0.15, -0.1) is 0 Å². The van der Waals surface area contributed by atoms with Crippen molar-refractivity contribution in [3.8, 4) is 0 Å². The lowest BCUT2D eigenvalue weighted by Gasteiger charge is -2.18. The lowest BCUT2D eigenvalue weighted by Crippen LogP contribution is -2.25. The molecule has 0 amide bonds. The molecule has 0 aromatic carbocycles. The van der Waals surface area contributed by atoms with E-state index in [2.05, 4.69) is 22.2 Å². The van der Waals surface area contributed by atoms with Crippen molar-refractivity contribution >= 4 is 11.6 Å². The van der Waals surface area contributed by atoms with Crippen LogP contribution in [0.4, 0.5) is 0 Å². The van der Waals surface area contributed by atoms with Crippen molar-refractivity contribution in [3.05, 3.63) is 59.1 Å². The van der Waals surface area contributed by atoms with Crippen molar-refractivity contribution in [3.63, 3.8) is 0 Å². The van der Waals surface area contributed by atoms with E-state index in [0.29, 0.717) is 5.02 Å².